The first kappa shape index (κ1) is 20.5. The zero-order chi connectivity index (χ0) is 23.1. The van der Waals surface area contributed by atoms with Crippen molar-refractivity contribution in [2.75, 3.05) is 0 Å². The van der Waals surface area contributed by atoms with E-state index in [9.17, 15) is 9.90 Å². The van der Waals surface area contributed by atoms with Crippen LogP contribution in [0.1, 0.15) is 40.5 Å². The van der Waals surface area contributed by atoms with Crippen LogP contribution >= 0.6 is 0 Å². The topological polar surface area (TPSA) is 50.4 Å². The molecule has 5 aromatic rings. The van der Waals surface area contributed by atoms with Crippen molar-refractivity contribution < 1.29 is 9.52 Å². The highest BCUT2D eigenvalue weighted by atomic mass is 16.4. The third-order valence-corrected chi connectivity index (χ3v) is 7.07. The van der Waals surface area contributed by atoms with E-state index >= 15 is 0 Å². The standard InChI is InChI=1S/C31H24O3/c32-30-26-12-6-7-13-28(26)34-31(33)29(30)27-19-24(18-23-10-4-5-11-25(23)27)22-16-14-21(15-17-22)20-8-2-1-3-9-20/h1-17,24,27,32H,18-19H2/t24-,27-/m0/s1. The van der Waals surface area contributed by atoms with Crippen molar-refractivity contribution in [1.82, 2.24) is 0 Å². The summed E-state index contributed by atoms with van der Waals surface area (Å²) in [7, 11) is 0. The smallest absolute Gasteiger partial charge is 0.343 e. The molecule has 0 radical (unpaired) electrons. The fourth-order valence-corrected chi connectivity index (χ4v) is 5.38. The van der Waals surface area contributed by atoms with Crippen molar-refractivity contribution in [2.45, 2.75) is 24.7 Å². The van der Waals surface area contributed by atoms with Crippen LogP contribution in [0.2, 0.25) is 0 Å². The molecular weight excluding hydrogens is 420 g/mol. The van der Waals surface area contributed by atoms with Crippen LogP contribution in [0.25, 0.3) is 22.1 Å². The predicted octanol–water partition coefficient (Wildman–Crippen LogP) is 7.03. The number of benzene rings is 4. The summed E-state index contributed by atoms with van der Waals surface area (Å²) >= 11 is 0. The van der Waals surface area contributed by atoms with Gasteiger partial charge in [-0.1, -0.05) is 91.0 Å². The van der Waals surface area contributed by atoms with Crippen molar-refractivity contribution in [3.63, 3.8) is 0 Å². The molecule has 2 atom stereocenters. The Kier molecular flexibility index (Phi) is 5.03. The van der Waals surface area contributed by atoms with Crippen LogP contribution in [0.4, 0.5) is 0 Å². The average molecular weight is 445 g/mol. The molecule has 166 valence electrons. The molecule has 0 unspecified atom stereocenters. The lowest BCUT2D eigenvalue weighted by Crippen LogP contribution is -2.23. The Morgan fingerprint density at radius 2 is 1.41 bits per heavy atom. The van der Waals surface area contributed by atoms with E-state index in [1.807, 2.05) is 36.4 Å². The predicted molar refractivity (Wildman–Crippen MR) is 135 cm³/mol. The molecule has 0 aliphatic heterocycles. The molecule has 1 N–H and O–H groups in total. The summed E-state index contributed by atoms with van der Waals surface area (Å²) in [4.78, 5) is 13.1. The highest BCUT2D eigenvalue weighted by molar-refractivity contribution is 5.84. The van der Waals surface area contributed by atoms with Crippen molar-refractivity contribution in [2.24, 2.45) is 0 Å². The third kappa shape index (κ3) is 3.50. The van der Waals surface area contributed by atoms with Gasteiger partial charge in [-0.2, -0.15) is 0 Å². The quantitative estimate of drug-likeness (QED) is 0.304. The van der Waals surface area contributed by atoms with Crippen LogP contribution in [0.15, 0.2) is 112 Å². The summed E-state index contributed by atoms with van der Waals surface area (Å²) in [6, 6.07) is 34.5. The monoisotopic (exact) mass is 444 g/mol. The maximum atomic E-state index is 13.1. The second-order valence-electron chi connectivity index (χ2n) is 9.02. The fraction of sp³-hybridized carbons (Fsp3) is 0.129. The molecule has 3 nitrogen and oxygen atoms in total. The third-order valence-electron chi connectivity index (χ3n) is 7.07. The molecule has 0 saturated heterocycles. The normalized spacial score (nSPS) is 17.4. The molecule has 1 aliphatic rings. The molecule has 0 bridgehead atoms. The molecule has 3 heteroatoms. The highest BCUT2D eigenvalue weighted by Crippen LogP contribution is 2.45. The largest absolute Gasteiger partial charge is 0.507 e. The number of rotatable bonds is 3. The lowest BCUT2D eigenvalue weighted by molar-refractivity contribution is 0.437. The molecule has 0 fully saturated rings. The molecule has 34 heavy (non-hydrogen) atoms. The first-order valence-electron chi connectivity index (χ1n) is 11.7. The van der Waals surface area contributed by atoms with Gasteiger partial charge in [-0.25, -0.2) is 4.79 Å². The number of para-hydroxylation sites is 1. The molecule has 4 aromatic carbocycles. The van der Waals surface area contributed by atoms with Crippen LogP contribution in [0, 0.1) is 0 Å². The number of aromatic hydroxyl groups is 1. The van der Waals surface area contributed by atoms with E-state index in [-0.39, 0.29) is 17.6 Å². The first-order chi connectivity index (χ1) is 16.7. The molecular formula is C31H24O3. The summed E-state index contributed by atoms with van der Waals surface area (Å²) < 4.78 is 5.63. The number of hydrogen-bond donors (Lipinski definition) is 1. The average Bonchev–Trinajstić information content (AvgIpc) is 2.89. The lowest BCUT2D eigenvalue weighted by atomic mass is 9.72. The van der Waals surface area contributed by atoms with Gasteiger partial charge in [0, 0.05) is 5.92 Å². The van der Waals surface area contributed by atoms with Gasteiger partial charge in [0.25, 0.3) is 0 Å². The molecule has 0 amide bonds. The minimum Gasteiger partial charge on any atom is -0.507 e. The van der Waals surface area contributed by atoms with E-state index in [1.165, 1.54) is 22.3 Å². The summed E-state index contributed by atoms with van der Waals surface area (Å²) in [6.45, 7) is 0. The second-order valence-corrected chi connectivity index (χ2v) is 9.02. The number of fused-ring (bicyclic) bond motifs is 2. The minimum atomic E-state index is -0.462. The Hall–Kier alpha value is -4.11. The summed E-state index contributed by atoms with van der Waals surface area (Å²) in [5.41, 5.74) is 6.23. The Balaban J connectivity index is 1.43. The zero-order valence-corrected chi connectivity index (χ0v) is 18.6. The van der Waals surface area contributed by atoms with Gasteiger partial charge < -0.3 is 9.52 Å². The summed E-state index contributed by atoms with van der Waals surface area (Å²) in [6.07, 6.45) is 1.63. The maximum Gasteiger partial charge on any atom is 0.343 e. The molecule has 0 saturated carbocycles. The van der Waals surface area contributed by atoms with Gasteiger partial charge in [0.15, 0.2) is 0 Å². The highest BCUT2D eigenvalue weighted by Gasteiger charge is 2.33. The first-order valence-corrected chi connectivity index (χ1v) is 11.7. The van der Waals surface area contributed by atoms with Gasteiger partial charge in [-0.05, 0) is 58.7 Å². The van der Waals surface area contributed by atoms with E-state index in [1.54, 1.807) is 18.2 Å². The molecule has 6 rings (SSSR count). The van der Waals surface area contributed by atoms with Crippen LogP contribution in [-0.2, 0) is 6.42 Å². The van der Waals surface area contributed by atoms with Crippen LogP contribution in [-0.4, -0.2) is 5.11 Å². The zero-order valence-electron chi connectivity index (χ0n) is 18.6. The Morgan fingerprint density at radius 1 is 0.735 bits per heavy atom. The minimum absolute atomic E-state index is 0.0340. The van der Waals surface area contributed by atoms with Gasteiger partial charge in [0.2, 0.25) is 0 Å². The van der Waals surface area contributed by atoms with Gasteiger partial charge in [0.1, 0.15) is 11.3 Å². The molecule has 1 heterocycles. The fourth-order valence-electron chi connectivity index (χ4n) is 5.38. The molecule has 1 aromatic heterocycles. The van der Waals surface area contributed by atoms with Crippen molar-refractivity contribution in [3.05, 3.63) is 136 Å². The Morgan fingerprint density at radius 3 is 2.24 bits per heavy atom. The van der Waals surface area contributed by atoms with Gasteiger partial charge in [-0.3, -0.25) is 0 Å². The Bertz CT molecular complexity index is 1530. The number of hydrogen-bond acceptors (Lipinski definition) is 3. The molecule has 1 aliphatic carbocycles. The van der Waals surface area contributed by atoms with E-state index in [4.69, 9.17) is 4.42 Å². The summed E-state index contributed by atoms with van der Waals surface area (Å²) in [5, 5.41) is 11.7. The van der Waals surface area contributed by atoms with Crippen LogP contribution in [0.5, 0.6) is 5.75 Å². The maximum absolute atomic E-state index is 13.1. The molecule has 0 spiro atoms. The second kappa shape index (κ2) is 8.35. The van der Waals surface area contributed by atoms with E-state index in [0.717, 1.165) is 18.4 Å². The lowest BCUT2D eigenvalue weighted by Gasteiger charge is -2.32. The van der Waals surface area contributed by atoms with Crippen molar-refractivity contribution in [1.29, 1.82) is 0 Å². The van der Waals surface area contributed by atoms with Crippen molar-refractivity contribution in [3.8, 4) is 16.9 Å². The van der Waals surface area contributed by atoms with Gasteiger partial charge >= 0.3 is 5.63 Å². The van der Waals surface area contributed by atoms with E-state index < -0.39 is 5.63 Å². The Labute approximate surface area is 197 Å². The summed E-state index contributed by atoms with van der Waals surface area (Å²) in [5.74, 6) is 0.0336. The SMILES string of the molecule is O=c1oc2ccccc2c(O)c1[C@H]1C[C@@H](c2ccc(-c3ccccc3)cc2)Cc2ccccc21. The van der Waals surface area contributed by atoms with Gasteiger partial charge in [0.05, 0.1) is 10.9 Å². The van der Waals surface area contributed by atoms with Crippen LogP contribution < -0.4 is 5.63 Å². The van der Waals surface area contributed by atoms with Crippen molar-refractivity contribution >= 4 is 11.0 Å². The van der Waals surface area contributed by atoms with E-state index in [0.29, 0.717) is 16.5 Å². The van der Waals surface area contributed by atoms with Gasteiger partial charge in [-0.15, -0.1) is 0 Å². The van der Waals surface area contributed by atoms with Crippen LogP contribution in [0.3, 0.4) is 0 Å². The van der Waals surface area contributed by atoms with E-state index in [2.05, 4.69) is 48.5 Å².